The third-order valence-electron chi connectivity index (χ3n) is 8.42. The number of esters is 1. The maximum absolute atomic E-state index is 14.1. The number of nitrogens with one attached hydrogen (secondary N) is 5. The third kappa shape index (κ3) is 13.1. The lowest BCUT2D eigenvalue weighted by Crippen LogP contribution is -2.50. The van der Waals surface area contributed by atoms with Crippen LogP contribution in [0.4, 0.5) is 13.2 Å². The van der Waals surface area contributed by atoms with Crippen LogP contribution in [0.1, 0.15) is 62.6 Å². The van der Waals surface area contributed by atoms with Gasteiger partial charge < -0.3 is 26.4 Å². The fourth-order valence-corrected chi connectivity index (χ4v) is 6.94. The van der Waals surface area contributed by atoms with Gasteiger partial charge in [-0.1, -0.05) is 91.0 Å². The molecular formula is C39H41F3N6O7S. The first-order valence-electron chi connectivity index (χ1n) is 17.2. The number of hydrogen-bond donors (Lipinski definition) is 6. The summed E-state index contributed by atoms with van der Waals surface area (Å²) in [5.41, 5.74) is 8.22. The number of carbonyl (C=O) groups excluding carboxylic acids is 4. The number of amidine groups is 1. The van der Waals surface area contributed by atoms with E-state index in [-0.39, 0.29) is 41.1 Å². The van der Waals surface area contributed by atoms with Crippen molar-refractivity contribution in [3.8, 4) is 0 Å². The Bertz CT molecular complexity index is 2130. The number of alkyl halides is 3. The van der Waals surface area contributed by atoms with E-state index in [1.165, 1.54) is 55.6 Å². The van der Waals surface area contributed by atoms with Gasteiger partial charge in [0.25, 0.3) is 0 Å². The second-order valence-electron chi connectivity index (χ2n) is 12.7. The van der Waals surface area contributed by atoms with E-state index in [1.54, 1.807) is 29.6 Å². The standard InChI is InChI=1S/C39H41F3N6O7S/c1-55-37(51)31-14-6-12-28(21-31)24-56(53,54)48-32(15-7-10-25-8-3-2-4-9-25)35(49)47-33(36(50)45-22-26-16-18-29(19-17-26)34(43)44)30-13-5-11-27(20-30)23-46-38(52)39(40,41)42/h2-6,8-9,11-14,16-21,32-33,48H,7,10,15,22-24H2,1H3,(H3,43,44)(H,45,50)(H,46,52)(H,47,49)/t32-,33?/m1/s1. The lowest BCUT2D eigenvalue weighted by atomic mass is 10.0. The summed E-state index contributed by atoms with van der Waals surface area (Å²) in [5, 5.41) is 14.7. The van der Waals surface area contributed by atoms with Crippen molar-refractivity contribution in [1.82, 2.24) is 20.7 Å². The highest BCUT2D eigenvalue weighted by Gasteiger charge is 2.38. The number of rotatable bonds is 18. The SMILES string of the molecule is COC(=O)c1cccc(CS(=O)(=O)N[C@H](CCCc2ccccc2)C(=O)NC(C(=O)NCc2ccc(C(=N)N)cc2)c2cccc(CNC(=O)C(F)(F)F)c2)c1. The second-order valence-corrected chi connectivity index (χ2v) is 14.4. The van der Waals surface area contributed by atoms with Crippen LogP contribution in [0, 0.1) is 5.41 Å². The van der Waals surface area contributed by atoms with Crippen LogP contribution < -0.4 is 26.4 Å². The van der Waals surface area contributed by atoms with Gasteiger partial charge in [0.2, 0.25) is 21.8 Å². The molecule has 17 heteroatoms. The van der Waals surface area contributed by atoms with Gasteiger partial charge in [-0.2, -0.15) is 13.2 Å². The molecule has 0 fully saturated rings. The summed E-state index contributed by atoms with van der Waals surface area (Å²) in [6.45, 7) is -0.585. The van der Waals surface area contributed by atoms with E-state index in [1.807, 2.05) is 30.3 Å². The van der Waals surface area contributed by atoms with Gasteiger partial charge >= 0.3 is 18.1 Å². The number of sulfonamides is 1. The zero-order valence-electron chi connectivity index (χ0n) is 30.2. The molecule has 4 aromatic rings. The molecule has 0 aliphatic carbocycles. The zero-order chi connectivity index (χ0) is 40.9. The van der Waals surface area contributed by atoms with Crippen LogP contribution >= 0.6 is 0 Å². The Labute approximate surface area is 321 Å². The highest BCUT2D eigenvalue weighted by atomic mass is 32.2. The summed E-state index contributed by atoms with van der Waals surface area (Å²) in [6.07, 6.45) is -4.28. The molecule has 0 aliphatic rings. The van der Waals surface area contributed by atoms with Crippen molar-refractivity contribution in [3.05, 3.63) is 142 Å². The van der Waals surface area contributed by atoms with Crippen LogP contribution in [0.3, 0.4) is 0 Å². The average Bonchev–Trinajstić information content (AvgIpc) is 3.17. The molecule has 0 aromatic heterocycles. The zero-order valence-corrected chi connectivity index (χ0v) is 31.0. The van der Waals surface area contributed by atoms with Gasteiger partial charge in [0, 0.05) is 18.7 Å². The van der Waals surface area contributed by atoms with Crippen LogP contribution in [0.25, 0.3) is 0 Å². The smallest absolute Gasteiger partial charge is 0.465 e. The molecule has 0 bridgehead atoms. The molecule has 13 nitrogen and oxygen atoms in total. The van der Waals surface area contributed by atoms with Crippen molar-refractivity contribution in [1.29, 1.82) is 5.41 Å². The van der Waals surface area contributed by atoms with Crippen molar-refractivity contribution in [2.75, 3.05) is 7.11 Å². The number of ether oxygens (including phenoxy) is 1. The number of halogens is 3. The summed E-state index contributed by atoms with van der Waals surface area (Å²) < 4.78 is 72.8. The predicted molar refractivity (Wildman–Crippen MR) is 201 cm³/mol. The number of nitrogen functional groups attached to an aromatic ring is 1. The summed E-state index contributed by atoms with van der Waals surface area (Å²) in [6, 6.07) is 24.3. The Hall–Kier alpha value is -6.07. The van der Waals surface area contributed by atoms with E-state index in [2.05, 4.69) is 15.4 Å². The topological polar surface area (TPSA) is 210 Å². The highest BCUT2D eigenvalue weighted by Crippen LogP contribution is 2.20. The Kier molecular flexibility index (Phi) is 14.9. The molecule has 1 unspecified atom stereocenters. The molecule has 7 N–H and O–H groups in total. The van der Waals surface area contributed by atoms with Crippen LogP contribution in [-0.4, -0.2) is 57.3 Å². The van der Waals surface area contributed by atoms with Gasteiger partial charge in [-0.05, 0) is 59.2 Å². The number of hydrogen-bond acceptors (Lipinski definition) is 8. The molecule has 0 heterocycles. The van der Waals surface area contributed by atoms with Crippen LogP contribution in [0.15, 0.2) is 103 Å². The molecule has 0 saturated carbocycles. The number of nitrogens with two attached hydrogens (primary N) is 1. The number of aryl methyl sites for hydroxylation is 1. The first-order valence-corrected chi connectivity index (χ1v) is 18.9. The molecular weight excluding hydrogens is 754 g/mol. The van der Waals surface area contributed by atoms with Crippen molar-refractivity contribution in [3.63, 3.8) is 0 Å². The largest absolute Gasteiger partial charge is 0.471 e. The molecule has 3 amide bonds. The van der Waals surface area contributed by atoms with Crippen molar-refractivity contribution in [2.45, 2.75) is 56.4 Å². The van der Waals surface area contributed by atoms with Gasteiger partial charge in [0.05, 0.1) is 18.4 Å². The summed E-state index contributed by atoms with van der Waals surface area (Å²) >= 11 is 0. The Morgan fingerprint density at radius 1 is 0.768 bits per heavy atom. The van der Waals surface area contributed by atoms with Crippen molar-refractivity contribution in [2.24, 2.45) is 5.73 Å². The number of amides is 3. The fraction of sp³-hybridized carbons (Fsp3) is 0.256. The van der Waals surface area contributed by atoms with Crippen LogP contribution in [-0.2, 0) is 54.4 Å². The molecule has 0 saturated heterocycles. The van der Waals surface area contributed by atoms with Gasteiger partial charge in [-0.3, -0.25) is 19.8 Å². The first-order chi connectivity index (χ1) is 26.5. The van der Waals surface area contributed by atoms with Gasteiger partial charge in [-0.25, -0.2) is 17.9 Å². The minimum absolute atomic E-state index is 0.00249. The quantitative estimate of drug-likeness (QED) is 0.0493. The Balaban J connectivity index is 1.61. The van der Waals surface area contributed by atoms with E-state index in [0.29, 0.717) is 24.0 Å². The monoisotopic (exact) mass is 794 g/mol. The second kappa shape index (κ2) is 19.5. The van der Waals surface area contributed by atoms with Crippen molar-refractivity contribution >= 4 is 39.5 Å². The number of carbonyl (C=O) groups is 4. The maximum atomic E-state index is 14.1. The minimum Gasteiger partial charge on any atom is -0.465 e. The molecule has 4 rings (SSSR count). The van der Waals surface area contributed by atoms with E-state index in [0.717, 1.165) is 5.56 Å². The minimum atomic E-state index is -5.12. The third-order valence-corrected chi connectivity index (χ3v) is 9.78. The van der Waals surface area contributed by atoms with E-state index in [4.69, 9.17) is 15.9 Å². The maximum Gasteiger partial charge on any atom is 0.471 e. The van der Waals surface area contributed by atoms with Crippen LogP contribution in [0.5, 0.6) is 0 Å². The van der Waals surface area contributed by atoms with Gasteiger partial charge in [0.1, 0.15) is 17.9 Å². The molecule has 0 aliphatic heterocycles. The lowest BCUT2D eigenvalue weighted by Gasteiger charge is -2.24. The van der Waals surface area contributed by atoms with Crippen molar-refractivity contribution < 1.29 is 45.5 Å². The predicted octanol–water partition coefficient (Wildman–Crippen LogP) is 3.92. The Morgan fingerprint density at radius 2 is 1.41 bits per heavy atom. The molecule has 0 spiro atoms. The van der Waals surface area contributed by atoms with E-state index < -0.39 is 64.3 Å². The summed E-state index contributed by atoms with van der Waals surface area (Å²) in [4.78, 5) is 51.4. The molecule has 2 atom stereocenters. The Morgan fingerprint density at radius 3 is 2.07 bits per heavy atom. The summed E-state index contributed by atoms with van der Waals surface area (Å²) in [5.74, 6) is -5.19. The van der Waals surface area contributed by atoms with Crippen LogP contribution in [0.2, 0.25) is 0 Å². The molecule has 296 valence electrons. The van der Waals surface area contributed by atoms with Gasteiger partial charge in [0.15, 0.2) is 0 Å². The molecule has 0 radical (unpaired) electrons. The number of methoxy groups -OCH3 is 1. The fourth-order valence-electron chi connectivity index (χ4n) is 5.58. The van der Waals surface area contributed by atoms with E-state index in [9.17, 15) is 40.8 Å². The van der Waals surface area contributed by atoms with Gasteiger partial charge in [-0.15, -0.1) is 0 Å². The number of benzene rings is 4. The average molecular weight is 795 g/mol. The lowest BCUT2D eigenvalue weighted by molar-refractivity contribution is -0.173. The normalized spacial score (nSPS) is 12.5. The first kappa shape index (κ1) is 42.7. The molecule has 56 heavy (non-hydrogen) atoms. The molecule has 4 aromatic carbocycles. The highest BCUT2D eigenvalue weighted by molar-refractivity contribution is 7.88. The van der Waals surface area contributed by atoms with E-state index >= 15 is 0 Å². The summed E-state index contributed by atoms with van der Waals surface area (Å²) in [7, 11) is -3.06.